The Labute approximate surface area is 144 Å². The Hall–Kier alpha value is -1.34. The molecule has 1 saturated heterocycles. The third-order valence-electron chi connectivity index (χ3n) is 3.80. The number of piperidine rings is 1. The number of hydrogen-bond donors (Lipinski definition) is 2. The number of nitriles is 1. The lowest BCUT2D eigenvalue weighted by molar-refractivity contribution is -0.137. The zero-order valence-corrected chi connectivity index (χ0v) is 14.4. The molecule has 1 heterocycles. The Morgan fingerprint density at radius 1 is 1.38 bits per heavy atom. The van der Waals surface area contributed by atoms with Crippen LogP contribution in [0.2, 0.25) is 0 Å². The molecule has 1 fully saturated rings. The van der Waals surface area contributed by atoms with Crippen LogP contribution in [0.15, 0.2) is 23.1 Å². The lowest BCUT2D eigenvalue weighted by Gasteiger charge is -2.30. The van der Waals surface area contributed by atoms with Crippen LogP contribution in [0.25, 0.3) is 0 Å². The first-order chi connectivity index (χ1) is 10.6. The fourth-order valence-corrected chi connectivity index (χ4v) is 3.87. The topological polar surface area (TPSA) is 82.0 Å². The van der Waals surface area contributed by atoms with Crippen molar-refractivity contribution in [1.82, 2.24) is 10.0 Å². The third kappa shape index (κ3) is 4.60. The van der Waals surface area contributed by atoms with Gasteiger partial charge in [-0.3, -0.25) is 0 Å². The Bertz CT molecular complexity index is 732. The number of halogens is 4. The van der Waals surface area contributed by atoms with Crippen LogP contribution in [0.1, 0.15) is 30.9 Å². The van der Waals surface area contributed by atoms with E-state index in [1.807, 2.05) is 6.92 Å². The largest absolute Gasteiger partial charge is 0.417 e. The molecule has 10 heteroatoms. The summed E-state index contributed by atoms with van der Waals surface area (Å²) in [5.41, 5.74) is -1.86. The van der Waals surface area contributed by atoms with Gasteiger partial charge >= 0.3 is 6.18 Å². The summed E-state index contributed by atoms with van der Waals surface area (Å²) in [6.45, 7) is 2.58. The van der Waals surface area contributed by atoms with E-state index in [0.717, 1.165) is 25.1 Å². The molecule has 1 aliphatic heterocycles. The summed E-state index contributed by atoms with van der Waals surface area (Å²) in [6, 6.07) is 3.31. The van der Waals surface area contributed by atoms with Crippen molar-refractivity contribution in [2.24, 2.45) is 0 Å². The first-order valence-electron chi connectivity index (χ1n) is 7.02. The van der Waals surface area contributed by atoms with Gasteiger partial charge in [0.25, 0.3) is 0 Å². The zero-order chi connectivity index (χ0) is 17.3. The van der Waals surface area contributed by atoms with Gasteiger partial charge in [0, 0.05) is 12.1 Å². The molecule has 1 aliphatic rings. The van der Waals surface area contributed by atoms with Gasteiger partial charge in [0.05, 0.1) is 22.1 Å². The van der Waals surface area contributed by atoms with Gasteiger partial charge < -0.3 is 5.32 Å². The maximum Gasteiger partial charge on any atom is 0.417 e. The minimum Gasteiger partial charge on any atom is -0.313 e. The summed E-state index contributed by atoms with van der Waals surface area (Å²) in [5, 5.41) is 11.9. The predicted octanol–water partition coefficient (Wildman–Crippen LogP) is 2.42. The van der Waals surface area contributed by atoms with Crippen LogP contribution in [-0.4, -0.2) is 27.0 Å². The fourth-order valence-electron chi connectivity index (χ4n) is 2.49. The van der Waals surface area contributed by atoms with Gasteiger partial charge in [-0.2, -0.15) is 18.4 Å². The number of rotatable bonds is 3. The molecule has 2 N–H and O–H groups in total. The number of hydrogen-bond acceptors (Lipinski definition) is 4. The van der Waals surface area contributed by atoms with E-state index in [4.69, 9.17) is 5.26 Å². The van der Waals surface area contributed by atoms with Crippen molar-refractivity contribution in [2.75, 3.05) is 6.54 Å². The average Bonchev–Trinajstić information content (AvgIpc) is 2.48. The molecule has 1 aromatic carbocycles. The van der Waals surface area contributed by atoms with Gasteiger partial charge in [-0.25, -0.2) is 13.1 Å². The number of alkyl halides is 3. The van der Waals surface area contributed by atoms with Crippen molar-refractivity contribution in [3.63, 3.8) is 0 Å². The van der Waals surface area contributed by atoms with Crippen LogP contribution in [-0.2, 0) is 16.2 Å². The van der Waals surface area contributed by atoms with Crippen molar-refractivity contribution in [1.29, 1.82) is 5.26 Å². The summed E-state index contributed by atoms with van der Waals surface area (Å²) in [7, 11) is -4.10. The molecule has 0 aliphatic carbocycles. The number of nitrogens with one attached hydrogen (secondary N) is 2. The van der Waals surface area contributed by atoms with Crippen LogP contribution in [0.3, 0.4) is 0 Å². The molecule has 0 spiro atoms. The van der Waals surface area contributed by atoms with Crippen LogP contribution >= 0.6 is 12.4 Å². The second-order valence-electron chi connectivity index (χ2n) is 5.43. The maximum atomic E-state index is 12.9. The maximum absolute atomic E-state index is 12.9. The van der Waals surface area contributed by atoms with Crippen LogP contribution in [0.4, 0.5) is 13.2 Å². The van der Waals surface area contributed by atoms with E-state index in [9.17, 15) is 21.6 Å². The van der Waals surface area contributed by atoms with E-state index < -0.39 is 38.3 Å². The van der Waals surface area contributed by atoms with Gasteiger partial charge in [-0.15, -0.1) is 12.4 Å². The molecular formula is C14H17ClF3N3O2S. The molecule has 134 valence electrons. The summed E-state index contributed by atoms with van der Waals surface area (Å²) < 4.78 is 66.0. The predicted molar refractivity (Wildman–Crippen MR) is 84.2 cm³/mol. The van der Waals surface area contributed by atoms with Crippen LogP contribution in [0.5, 0.6) is 0 Å². The lowest BCUT2D eigenvalue weighted by Crippen LogP contribution is -2.51. The highest BCUT2D eigenvalue weighted by Crippen LogP contribution is 2.33. The molecule has 1 aromatic rings. The molecular weight excluding hydrogens is 367 g/mol. The minimum atomic E-state index is -4.80. The molecule has 0 saturated carbocycles. The SMILES string of the molecule is CC1NCCCC1NS(=O)(=O)c1ccc(C#N)c(C(F)(F)F)c1.Cl. The van der Waals surface area contributed by atoms with Crippen molar-refractivity contribution < 1.29 is 21.6 Å². The van der Waals surface area contributed by atoms with Crippen molar-refractivity contribution in [3.05, 3.63) is 29.3 Å². The fraction of sp³-hybridized carbons (Fsp3) is 0.500. The Kier molecular flexibility index (Phi) is 6.64. The first kappa shape index (κ1) is 20.7. The smallest absolute Gasteiger partial charge is 0.313 e. The normalized spacial score (nSPS) is 21.6. The number of benzene rings is 1. The molecule has 24 heavy (non-hydrogen) atoms. The highest BCUT2D eigenvalue weighted by Gasteiger charge is 2.35. The van der Waals surface area contributed by atoms with Gasteiger partial charge in [0.1, 0.15) is 0 Å². The van der Waals surface area contributed by atoms with E-state index >= 15 is 0 Å². The van der Waals surface area contributed by atoms with Crippen molar-refractivity contribution in [3.8, 4) is 6.07 Å². The monoisotopic (exact) mass is 383 g/mol. The van der Waals surface area contributed by atoms with E-state index in [2.05, 4.69) is 10.0 Å². The lowest BCUT2D eigenvalue weighted by atomic mass is 10.0. The van der Waals surface area contributed by atoms with Crippen molar-refractivity contribution in [2.45, 2.75) is 42.9 Å². The Morgan fingerprint density at radius 3 is 2.58 bits per heavy atom. The van der Waals surface area contributed by atoms with Crippen LogP contribution < -0.4 is 10.0 Å². The van der Waals surface area contributed by atoms with Crippen LogP contribution in [0, 0.1) is 11.3 Å². The highest BCUT2D eigenvalue weighted by molar-refractivity contribution is 7.89. The number of sulfonamides is 1. The van der Waals surface area contributed by atoms with E-state index in [1.165, 1.54) is 6.07 Å². The summed E-state index contributed by atoms with van der Waals surface area (Å²) in [6.07, 6.45) is -3.41. The summed E-state index contributed by atoms with van der Waals surface area (Å²) in [4.78, 5) is -0.499. The molecule has 0 radical (unpaired) electrons. The quantitative estimate of drug-likeness (QED) is 0.839. The molecule has 0 aromatic heterocycles. The molecule has 2 unspecified atom stereocenters. The summed E-state index contributed by atoms with van der Waals surface area (Å²) in [5.74, 6) is 0. The highest BCUT2D eigenvalue weighted by atomic mass is 35.5. The Balaban J connectivity index is 0.00000288. The van der Waals surface area contributed by atoms with E-state index in [0.29, 0.717) is 12.5 Å². The average molecular weight is 384 g/mol. The molecule has 0 amide bonds. The molecule has 5 nitrogen and oxygen atoms in total. The first-order valence-corrected chi connectivity index (χ1v) is 8.50. The Morgan fingerprint density at radius 2 is 2.04 bits per heavy atom. The van der Waals surface area contributed by atoms with Gasteiger partial charge in [0.2, 0.25) is 10.0 Å². The summed E-state index contributed by atoms with van der Waals surface area (Å²) >= 11 is 0. The zero-order valence-electron chi connectivity index (χ0n) is 12.7. The number of nitrogens with zero attached hydrogens (tertiary/aromatic N) is 1. The second kappa shape index (κ2) is 7.70. The molecule has 2 rings (SSSR count). The van der Waals surface area contributed by atoms with E-state index in [1.54, 1.807) is 0 Å². The second-order valence-corrected chi connectivity index (χ2v) is 7.14. The minimum absolute atomic E-state index is 0. The molecule has 0 bridgehead atoms. The van der Waals surface area contributed by atoms with Crippen molar-refractivity contribution >= 4 is 22.4 Å². The van der Waals surface area contributed by atoms with Gasteiger partial charge in [-0.05, 0) is 44.5 Å². The van der Waals surface area contributed by atoms with Gasteiger partial charge in [-0.1, -0.05) is 0 Å². The molecule has 2 atom stereocenters. The standard InChI is InChI=1S/C14H16F3N3O2S.ClH/c1-9-13(3-2-6-19-9)20-23(21,22)11-5-4-10(8-18)12(7-11)14(15,16)17;/h4-5,7,9,13,19-20H,2-3,6H2,1H3;1H. The van der Waals surface area contributed by atoms with Gasteiger partial charge in [0.15, 0.2) is 0 Å². The third-order valence-corrected chi connectivity index (χ3v) is 5.28. The van der Waals surface area contributed by atoms with E-state index in [-0.39, 0.29) is 18.4 Å².